The molecule has 0 aliphatic carbocycles. The topological polar surface area (TPSA) is 55.7 Å². The summed E-state index contributed by atoms with van der Waals surface area (Å²) in [6.07, 6.45) is 0. The molecule has 4 nitrogen and oxygen atoms in total. The van der Waals surface area contributed by atoms with Gasteiger partial charge in [-0.25, -0.2) is 0 Å². The van der Waals surface area contributed by atoms with Crippen molar-refractivity contribution in [2.24, 2.45) is 4.40 Å². The van der Waals surface area contributed by atoms with Gasteiger partial charge in [-0.3, -0.25) is 0 Å². The normalized spacial score (nSPS) is 15.7. The van der Waals surface area contributed by atoms with Gasteiger partial charge in [-0.2, -0.15) is 8.42 Å². The Bertz CT molecular complexity index is 784. The first-order chi connectivity index (χ1) is 9.06. The molecule has 0 aromatic heterocycles. The van der Waals surface area contributed by atoms with Crippen LogP contribution in [0.4, 0.5) is 0 Å². The van der Waals surface area contributed by atoms with Gasteiger partial charge in [0, 0.05) is 5.02 Å². The van der Waals surface area contributed by atoms with Crippen LogP contribution in [0.25, 0.3) is 0 Å². The van der Waals surface area contributed by atoms with Crippen LogP contribution in [0.2, 0.25) is 5.02 Å². The van der Waals surface area contributed by atoms with Crippen molar-refractivity contribution in [3.8, 4) is 5.75 Å². The summed E-state index contributed by atoms with van der Waals surface area (Å²) in [7, 11) is -3.66. The quantitative estimate of drug-likeness (QED) is 0.812. The molecule has 1 aliphatic heterocycles. The predicted molar refractivity (Wildman–Crippen MR) is 72.2 cm³/mol. The van der Waals surface area contributed by atoms with Gasteiger partial charge < -0.3 is 4.74 Å². The third kappa shape index (κ3) is 2.22. The SMILES string of the molecule is O=S1(=O)N=C(Oc2cccc(Cl)c2)c2ccccc21. The van der Waals surface area contributed by atoms with E-state index in [4.69, 9.17) is 16.3 Å². The second kappa shape index (κ2) is 4.36. The van der Waals surface area contributed by atoms with Gasteiger partial charge in [-0.05, 0) is 30.3 Å². The summed E-state index contributed by atoms with van der Waals surface area (Å²) in [6.45, 7) is 0. The molecule has 0 saturated heterocycles. The Morgan fingerprint density at radius 2 is 1.84 bits per heavy atom. The van der Waals surface area contributed by atoms with Crippen molar-refractivity contribution in [3.05, 3.63) is 59.1 Å². The van der Waals surface area contributed by atoms with E-state index in [-0.39, 0.29) is 10.8 Å². The zero-order valence-corrected chi connectivity index (χ0v) is 11.1. The third-order valence-corrected chi connectivity index (χ3v) is 4.16. The smallest absolute Gasteiger partial charge is 0.286 e. The highest BCUT2D eigenvalue weighted by Gasteiger charge is 2.29. The highest BCUT2D eigenvalue weighted by molar-refractivity contribution is 7.90. The van der Waals surface area contributed by atoms with Gasteiger partial charge in [0.25, 0.3) is 10.0 Å². The summed E-state index contributed by atoms with van der Waals surface area (Å²) in [4.78, 5) is 0.159. The lowest BCUT2D eigenvalue weighted by Crippen LogP contribution is -2.07. The van der Waals surface area contributed by atoms with Crippen molar-refractivity contribution in [1.82, 2.24) is 0 Å². The molecule has 6 heteroatoms. The van der Waals surface area contributed by atoms with Gasteiger partial charge in [0.05, 0.1) is 5.56 Å². The molecule has 1 heterocycles. The Balaban J connectivity index is 2.04. The minimum Gasteiger partial charge on any atom is -0.438 e. The van der Waals surface area contributed by atoms with Gasteiger partial charge in [0.2, 0.25) is 5.90 Å². The number of hydrogen-bond acceptors (Lipinski definition) is 3. The van der Waals surface area contributed by atoms with Gasteiger partial charge >= 0.3 is 0 Å². The van der Waals surface area contributed by atoms with Gasteiger partial charge in [0.1, 0.15) is 10.6 Å². The van der Waals surface area contributed by atoms with Crippen LogP contribution >= 0.6 is 11.6 Å². The van der Waals surface area contributed by atoms with Crippen LogP contribution in [0.1, 0.15) is 5.56 Å². The van der Waals surface area contributed by atoms with Crippen LogP contribution in [0.5, 0.6) is 5.75 Å². The average Bonchev–Trinajstić information content (AvgIpc) is 2.62. The molecule has 1 aliphatic rings. The lowest BCUT2D eigenvalue weighted by Gasteiger charge is -2.05. The van der Waals surface area contributed by atoms with Crippen LogP contribution in [0, 0.1) is 0 Å². The summed E-state index contributed by atoms with van der Waals surface area (Å²) in [5, 5.41) is 0.507. The molecule has 2 aromatic rings. The summed E-state index contributed by atoms with van der Waals surface area (Å²) >= 11 is 5.85. The summed E-state index contributed by atoms with van der Waals surface area (Å²) < 4.78 is 32.8. The minimum atomic E-state index is -3.66. The number of sulfonamides is 1. The van der Waals surface area contributed by atoms with E-state index >= 15 is 0 Å². The molecule has 0 fully saturated rings. The summed E-state index contributed by atoms with van der Waals surface area (Å²) in [5.41, 5.74) is 0.461. The summed E-state index contributed by atoms with van der Waals surface area (Å²) in [5.74, 6) is 0.510. The first kappa shape index (κ1) is 12.2. The Labute approximate surface area is 115 Å². The second-order valence-electron chi connectivity index (χ2n) is 3.93. The van der Waals surface area contributed by atoms with Crippen LogP contribution in [-0.2, 0) is 10.0 Å². The molecule has 2 aromatic carbocycles. The summed E-state index contributed by atoms with van der Waals surface area (Å²) in [6, 6.07) is 13.2. The van der Waals surface area contributed by atoms with Crippen molar-refractivity contribution in [2.75, 3.05) is 0 Å². The van der Waals surface area contributed by atoms with Crippen molar-refractivity contribution < 1.29 is 13.2 Å². The standard InChI is InChI=1S/C13H8ClNO3S/c14-9-4-3-5-10(8-9)18-13-11-6-1-2-7-12(11)19(16,17)15-13/h1-8H. The molecule has 19 heavy (non-hydrogen) atoms. The molecule has 0 spiro atoms. The van der Waals surface area contributed by atoms with E-state index in [9.17, 15) is 8.42 Å². The zero-order chi connectivity index (χ0) is 13.5. The lowest BCUT2D eigenvalue weighted by atomic mass is 10.2. The molecule has 0 radical (unpaired) electrons. The molecular formula is C13H8ClNO3S. The lowest BCUT2D eigenvalue weighted by molar-refractivity contribution is 0.554. The van der Waals surface area contributed by atoms with Crippen LogP contribution < -0.4 is 4.74 Å². The number of halogens is 1. The Morgan fingerprint density at radius 3 is 2.63 bits per heavy atom. The van der Waals surface area contributed by atoms with E-state index < -0.39 is 10.0 Å². The number of fused-ring (bicyclic) bond motifs is 1. The molecule has 0 bridgehead atoms. The number of hydrogen-bond donors (Lipinski definition) is 0. The maximum absolute atomic E-state index is 11.8. The number of rotatable bonds is 1. The largest absolute Gasteiger partial charge is 0.438 e. The van der Waals surface area contributed by atoms with E-state index in [1.54, 1.807) is 42.5 Å². The molecular weight excluding hydrogens is 286 g/mol. The Hall–Kier alpha value is -1.85. The second-order valence-corrected chi connectivity index (χ2v) is 5.94. The monoisotopic (exact) mass is 293 g/mol. The minimum absolute atomic E-state index is 0.0675. The van der Waals surface area contributed by atoms with Crippen molar-refractivity contribution >= 4 is 27.5 Å². The van der Waals surface area contributed by atoms with E-state index in [0.717, 1.165) is 0 Å². The molecule has 0 N–H and O–H groups in total. The first-order valence-corrected chi connectivity index (χ1v) is 7.26. The molecule has 0 saturated carbocycles. The highest BCUT2D eigenvalue weighted by atomic mass is 35.5. The first-order valence-electron chi connectivity index (χ1n) is 5.44. The molecule has 0 unspecified atom stereocenters. The number of benzene rings is 2. The van der Waals surface area contributed by atoms with E-state index in [1.807, 2.05) is 0 Å². The van der Waals surface area contributed by atoms with Crippen LogP contribution in [-0.4, -0.2) is 14.3 Å². The van der Waals surface area contributed by atoms with Gasteiger partial charge in [0.15, 0.2) is 0 Å². The maximum Gasteiger partial charge on any atom is 0.286 e. The van der Waals surface area contributed by atoms with Crippen LogP contribution in [0.15, 0.2) is 57.8 Å². The number of ether oxygens (including phenoxy) is 1. The Kier molecular flexibility index (Phi) is 2.80. The fourth-order valence-electron chi connectivity index (χ4n) is 1.79. The van der Waals surface area contributed by atoms with Gasteiger partial charge in [-0.1, -0.05) is 29.8 Å². The average molecular weight is 294 g/mol. The van der Waals surface area contributed by atoms with Crippen molar-refractivity contribution in [2.45, 2.75) is 4.90 Å². The highest BCUT2D eigenvalue weighted by Crippen LogP contribution is 2.28. The van der Waals surface area contributed by atoms with Gasteiger partial charge in [-0.15, -0.1) is 4.40 Å². The Morgan fingerprint density at radius 1 is 1.05 bits per heavy atom. The molecule has 0 amide bonds. The third-order valence-electron chi connectivity index (χ3n) is 2.61. The maximum atomic E-state index is 11.8. The van der Waals surface area contributed by atoms with Crippen LogP contribution in [0.3, 0.4) is 0 Å². The molecule has 3 rings (SSSR count). The molecule has 0 atom stereocenters. The fraction of sp³-hybridized carbons (Fsp3) is 0. The fourth-order valence-corrected chi connectivity index (χ4v) is 3.11. The van der Waals surface area contributed by atoms with Crippen molar-refractivity contribution in [1.29, 1.82) is 0 Å². The van der Waals surface area contributed by atoms with E-state index in [1.165, 1.54) is 6.07 Å². The molecule has 96 valence electrons. The number of nitrogens with zero attached hydrogens (tertiary/aromatic N) is 1. The van der Waals surface area contributed by atoms with Crippen molar-refractivity contribution in [3.63, 3.8) is 0 Å². The van der Waals surface area contributed by atoms with E-state index in [2.05, 4.69) is 4.40 Å². The van der Waals surface area contributed by atoms with E-state index in [0.29, 0.717) is 16.3 Å². The predicted octanol–water partition coefficient (Wildman–Crippen LogP) is 2.87. The zero-order valence-electron chi connectivity index (χ0n) is 9.58.